The minimum Gasteiger partial charge on any atom is -0.339 e. The van der Waals surface area contributed by atoms with Gasteiger partial charge in [0.15, 0.2) is 0 Å². The van der Waals surface area contributed by atoms with Crippen LogP contribution < -0.4 is 0 Å². The molecular weight excluding hydrogens is 286 g/mol. The van der Waals surface area contributed by atoms with Crippen molar-refractivity contribution >= 4 is 12.0 Å². The maximum absolute atomic E-state index is 12.4. The molecule has 3 rings (SSSR count). The second-order valence-electron chi connectivity index (χ2n) is 6.11. The molecule has 1 fully saturated rings. The molecule has 1 heterocycles. The standard InChI is InChI=1S/C19H23N3O/c1-2-12-21(14-16-8-9-16)19(23)11-10-17-13-20-22(15-17)18-6-4-3-5-7-18/h3-7,10-11,13,15-16H,2,8-9,12,14H2,1H3/b11-10+. The van der Waals surface area contributed by atoms with E-state index >= 15 is 0 Å². The van der Waals surface area contributed by atoms with Crippen LogP contribution in [0.25, 0.3) is 11.8 Å². The summed E-state index contributed by atoms with van der Waals surface area (Å²) < 4.78 is 1.82. The third-order valence-corrected chi connectivity index (χ3v) is 4.02. The second-order valence-corrected chi connectivity index (χ2v) is 6.11. The number of para-hydroxylation sites is 1. The summed E-state index contributed by atoms with van der Waals surface area (Å²) in [4.78, 5) is 14.3. The molecule has 1 aliphatic carbocycles. The quantitative estimate of drug-likeness (QED) is 0.734. The van der Waals surface area contributed by atoms with E-state index in [-0.39, 0.29) is 5.91 Å². The van der Waals surface area contributed by atoms with Crippen molar-refractivity contribution in [2.75, 3.05) is 13.1 Å². The van der Waals surface area contributed by atoms with Gasteiger partial charge in [-0.15, -0.1) is 0 Å². The van der Waals surface area contributed by atoms with Crippen molar-refractivity contribution < 1.29 is 4.79 Å². The number of benzene rings is 1. The van der Waals surface area contributed by atoms with Gasteiger partial charge in [0.05, 0.1) is 11.9 Å². The maximum Gasteiger partial charge on any atom is 0.246 e. The molecule has 0 radical (unpaired) electrons. The first kappa shape index (κ1) is 15.5. The normalized spacial score (nSPS) is 14.3. The van der Waals surface area contributed by atoms with Crippen LogP contribution in [0.4, 0.5) is 0 Å². The molecular formula is C19H23N3O. The fourth-order valence-electron chi connectivity index (χ4n) is 2.59. The highest BCUT2D eigenvalue weighted by molar-refractivity contribution is 5.91. The van der Waals surface area contributed by atoms with Crippen LogP contribution in [0.15, 0.2) is 48.8 Å². The van der Waals surface area contributed by atoms with Gasteiger partial charge in [-0.05, 0) is 43.4 Å². The van der Waals surface area contributed by atoms with Crippen LogP contribution in [0.2, 0.25) is 0 Å². The summed E-state index contributed by atoms with van der Waals surface area (Å²) in [6.45, 7) is 3.85. The molecule has 1 amide bonds. The van der Waals surface area contributed by atoms with E-state index in [2.05, 4.69) is 12.0 Å². The van der Waals surface area contributed by atoms with Crippen molar-refractivity contribution in [1.29, 1.82) is 0 Å². The SMILES string of the molecule is CCCN(CC1CC1)C(=O)/C=C/c1cnn(-c2ccccc2)c1. The molecule has 0 atom stereocenters. The summed E-state index contributed by atoms with van der Waals surface area (Å²) in [6.07, 6.45) is 10.8. The molecule has 1 aromatic heterocycles. The van der Waals surface area contributed by atoms with Gasteiger partial charge < -0.3 is 4.90 Å². The van der Waals surface area contributed by atoms with E-state index in [0.29, 0.717) is 0 Å². The lowest BCUT2D eigenvalue weighted by Crippen LogP contribution is -2.32. The number of hydrogen-bond acceptors (Lipinski definition) is 2. The van der Waals surface area contributed by atoms with Crippen molar-refractivity contribution in [3.63, 3.8) is 0 Å². The number of nitrogens with zero attached hydrogens (tertiary/aromatic N) is 3. The van der Waals surface area contributed by atoms with Gasteiger partial charge in [-0.3, -0.25) is 4.79 Å². The first-order valence-electron chi connectivity index (χ1n) is 8.33. The summed E-state index contributed by atoms with van der Waals surface area (Å²) in [5.41, 5.74) is 1.95. The monoisotopic (exact) mass is 309 g/mol. The molecule has 1 saturated carbocycles. The molecule has 0 saturated heterocycles. The lowest BCUT2D eigenvalue weighted by Gasteiger charge is -2.20. The molecule has 0 N–H and O–H groups in total. The number of rotatable bonds is 7. The van der Waals surface area contributed by atoms with Crippen LogP contribution >= 0.6 is 0 Å². The van der Waals surface area contributed by atoms with Crippen molar-refractivity contribution in [1.82, 2.24) is 14.7 Å². The second kappa shape index (κ2) is 7.27. The first-order chi connectivity index (χ1) is 11.3. The summed E-state index contributed by atoms with van der Waals surface area (Å²) in [5.74, 6) is 0.825. The zero-order valence-corrected chi connectivity index (χ0v) is 13.6. The van der Waals surface area contributed by atoms with E-state index in [4.69, 9.17) is 0 Å². The third-order valence-electron chi connectivity index (χ3n) is 4.02. The smallest absolute Gasteiger partial charge is 0.246 e. The molecule has 1 aliphatic rings. The molecule has 120 valence electrons. The van der Waals surface area contributed by atoms with E-state index in [0.717, 1.165) is 36.7 Å². The third kappa shape index (κ3) is 4.31. The largest absolute Gasteiger partial charge is 0.339 e. The Labute approximate surface area is 137 Å². The number of aromatic nitrogens is 2. The highest BCUT2D eigenvalue weighted by Gasteiger charge is 2.25. The van der Waals surface area contributed by atoms with Gasteiger partial charge in [0.25, 0.3) is 0 Å². The average molecular weight is 309 g/mol. The Hall–Kier alpha value is -2.36. The Morgan fingerprint density at radius 2 is 2.13 bits per heavy atom. The zero-order valence-electron chi connectivity index (χ0n) is 13.6. The fraction of sp³-hybridized carbons (Fsp3) is 0.368. The molecule has 0 spiro atoms. The van der Waals surface area contributed by atoms with Crippen molar-refractivity contribution in [2.24, 2.45) is 5.92 Å². The summed E-state index contributed by atoms with van der Waals surface area (Å²) in [6, 6.07) is 9.95. The maximum atomic E-state index is 12.4. The highest BCUT2D eigenvalue weighted by atomic mass is 16.2. The molecule has 4 nitrogen and oxygen atoms in total. The summed E-state index contributed by atoms with van der Waals surface area (Å²) in [7, 11) is 0. The van der Waals surface area contributed by atoms with Gasteiger partial charge in [0.1, 0.15) is 0 Å². The predicted octanol–water partition coefficient (Wildman–Crippen LogP) is 3.53. The Morgan fingerprint density at radius 3 is 2.83 bits per heavy atom. The molecule has 0 unspecified atom stereocenters. The van der Waals surface area contributed by atoms with Crippen LogP contribution in [0.5, 0.6) is 0 Å². The van der Waals surface area contributed by atoms with Gasteiger partial charge in [-0.25, -0.2) is 4.68 Å². The first-order valence-corrected chi connectivity index (χ1v) is 8.33. The van der Waals surface area contributed by atoms with Crippen molar-refractivity contribution in [3.05, 3.63) is 54.4 Å². The Kier molecular flexibility index (Phi) is 4.91. The van der Waals surface area contributed by atoms with E-state index in [1.807, 2.05) is 52.2 Å². The van der Waals surface area contributed by atoms with E-state index in [1.54, 1.807) is 12.3 Å². The fourth-order valence-corrected chi connectivity index (χ4v) is 2.59. The van der Waals surface area contributed by atoms with Crippen LogP contribution in [0.1, 0.15) is 31.7 Å². The zero-order chi connectivity index (χ0) is 16.1. The van der Waals surface area contributed by atoms with Crippen LogP contribution in [-0.4, -0.2) is 33.7 Å². The number of hydrogen-bond donors (Lipinski definition) is 0. The predicted molar refractivity (Wildman–Crippen MR) is 92.2 cm³/mol. The van der Waals surface area contributed by atoms with Gasteiger partial charge in [0, 0.05) is 30.9 Å². The topological polar surface area (TPSA) is 38.1 Å². The molecule has 2 aromatic rings. The summed E-state index contributed by atoms with van der Waals surface area (Å²) >= 11 is 0. The van der Waals surface area contributed by atoms with Crippen molar-refractivity contribution in [3.8, 4) is 5.69 Å². The van der Waals surface area contributed by atoms with Gasteiger partial charge in [-0.1, -0.05) is 25.1 Å². The van der Waals surface area contributed by atoms with Crippen LogP contribution in [-0.2, 0) is 4.79 Å². The number of carbonyl (C=O) groups is 1. The minimum atomic E-state index is 0.103. The molecule has 0 aliphatic heterocycles. The minimum absolute atomic E-state index is 0.103. The van der Waals surface area contributed by atoms with Crippen molar-refractivity contribution in [2.45, 2.75) is 26.2 Å². The van der Waals surface area contributed by atoms with Crippen LogP contribution in [0.3, 0.4) is 0 Å². The van der Waals surface area contributed by atoms with E-state index in [9.17, 15) is 4.79 Å². The average Bonchev–Trinajstić information content (AvgIpc) is 3.27. The molecule has 0 bridgehead atoms. The Bertz CT molecular complexity index is 671. The lowest BCUT2D eigenvalue weighted by molar-refractivity contribution is -0.126. The molecule has 1 aromatic carbocycles. The van der Waals surface area contributed by atoms with E-state index < -0.39 is 0 Å². The summed E-state index contributed by atoms with van der Waals surface area (Å²) in [5, 5.41) is 4.34. The van der Waals surface area contributed by atoms with Gasteiger partial charge in [0.2, 0.25) is 5.91 Å². The highest BCUT2D eigenvalue weighted by Crippen LogP contribution is 2.29. The lowest BCUT2D eigenvalue weighted by atomic mass is 10.2. The Balaban J connectivity index is 1.64. The van der Waals surface area contributed by atoms with Gasteiger partial charge in [-0.2, -0.15) is 5.10 Å². The van der Waals surface area contributed by atoms with Gasteiger partial charge >= 0.3 is 0 Å². The van der Waals surface area contributed by atoms with Crippen LogP contribution in [0, 0.1) is 5.92 Å². The van der Waals surface area contributed by atoms with E-state index in [1.165, 1.54) is 12.8 Å². The number of amides is 1. The Morgan fingerprint density at radius 1 is 1.35 bits per heavy atom. The molecule has 23 heavy (non-hydrogen) atoms. The number of carbonyl (C=O) groups excluding carboxylic acids is 1. The molecule has 4 heteroatoms.